The molecule has 1 aliphatic heterocycles. The second-order valence-corrected chi connectivity index (χ2v) is 7.71. The maximum Gasteiger partial charge on any atom is 0.134 e. The molecule has 0 amide bonds. The lowest BCUT2D eigenvalue weighted by atomic mass is 9.90. The highest BCUT2D eigenvalue weighted by Crippen LogP contribution is 2.50. The maximum atomic E-state index is 10.9. The summed E-state index contributed by atoms with van der Waals surface area (Å²) in [5.74, 6) is 0.991. The maximum absolute atomic E-state index is 10.9. The Hall–Kier alpha value is -2.75. The van der Waals surface area contributed by atoms with Gasteiger partial charge in [0.25, 0.3) is 0 Å². The average molecular weight is 362 g/mol. The lowest BCUT2D eigenvalue weighted by Crippen LogP contribution is -2.29. The molecular weight excluding hydrogens is 336 g/mol. The highest BCUT2D eigenvalue weighted by Gasteiger charge is 2.37. The molecule has 140 valence electrons. The molecule has 0 aliphatic carbocycles. The van der Waals surface area contributed by atoms with Gasteiger partial charge in [0.05, 0.1) is 23.1 Å². The zero-order valence-corrected chi connectivity index (χ0v) is 16.2. The number of unbranched alkanes of at least 4 members (excludes halogenated alkanes) is 2. The van der Waals surface area contributed by atoms with Crippen molar-refractivity contribution in [1.82, 2.24) is 9.78 Å². The zero-order valence-electron chi connectivity index (χ0n) is 16.2. The van der Waals surface area contributed by atoms with E-state index in [0.717, 1.165) is 46.7 Å². The number of benzene rings is 2. The van der Waals surface area contributed by atoms with Crippen molar-refractivity contribution in [2.45, 2.75) is 52.1 Å². The Morgan fingerprint density at radius 1 is 1.11 bits per heavy atom. The van der Waals surface area contributed by atoms with Crippen LogP contribution in [0.4, 0.5) is 0 Å². The second kappa shape index (κ2) is 6.76. The van der Waals surface area contributed by atoms with Gasteiger partial charge in [-0.3, -0.25) is 0 Å². The molecule has 0 saturated carbocycles. The summed E-state index contributed by atoms with van der Waals surface area (Å²) in [6, 6.07) is 14.0. The molecule has 0 saturated heterocycles. The first-order chi connectivity index (χ1) is 13.0. The summed E-state index contributed by atoms with van der Waals surface area (Å²) in [4.78, 5) is 0. The molecule has 2 heterocycles. The highest BCUT2D eigenvalue weighted by atomic mass is 16.5. The Kier molecular flexibility index (Phi) is 4.42. The van der Waals surface area contributed by atoms with Gasteiger partial charge in [-0.05, 0) is 56.5 Å². The summed E-state index contributed by atoms with van der Waals surface area (Å²) < 4.78 is 8.21. The van der Waals surface area contributed by atoms with Crippen LogP contribution in [0.5, 0.6) is 11.5 Å². The average Bonchev–Trinajstić information content (AvgIpc) is 3.08. The predicted octanol–water partition coefficient (Wildman–Crippen LogP) is 5.61. The summed E-state index contributed by atoms with van der Waals surface area (Å²) in [7, 11) is 0. The number of hydrogen-bond acceptors (Lipinski definition) is 3. The van der Waals surface area contributed by atoms with E-state index >= 15 is 0 Å². The number of aromatic hydroxyl groups is 1. The summed E-state index contributed by atoms with van der Waals surface area (Å²) in [5.41, 5.74) is 4.19. The number of aromatic nitrogens is 2. The molecule has 4 rings (SSSR count). The van der Waals surface area contributed by atoms with Crippen LogP contribution in [0, 0.1) is 0 Å². The van der Waals surface area contributed by atoms with Gasteiger partial charge in [-0.15, -0.1) is 0 Å². The van der Waals surface area contributed by atoms with Crippen LogP contribution >= 0.6 is 0 Å². The van der Waals surface area contributed by atoms with Crippen molar-refractivity contribution in [2.24, 2.45) is 0 Å². The number of phenolic OH excluding ortho intramolecular Hbond substituents is 1. The Morgan fingerprint density at radius 2 is 1.89 bits per heavy atom. The van der Waals surface area contributed by atoms with Crippen molar-refractivity contribution >= 4 is 0 Å². The Labute approximate surface area is 160 Å². The third-order valence-electron chi connectivity index (χ3n) is 5.23. The first-order valence-corrected chi connectivity index (χ1v) is 9.70. The van der Waals surface area contributed by atoms with Gasteiger partial charge < -0.3 is 9.84 Å². The number of ether oxygens (including phenoxy) is 1. The van der Waals surface area contributed by atoms with E-state index in [1.165, 1.54) is 12.8 Å². The molecule has 27 heavy (non-hydrogen) atoms. The van der Waals surface area contributed by atoms with Crippen LogP contribution in [0.1, 0.15) is 51.2 Å². The van der Waals surface area contributed by atoms with Gasteiger partial charge in [0.1, 0.15) is 17.1 Å². The Bertz CT molecular complexity index is 958. The zero-order chi connectivity index (χ0) is 19.0. The quantitative estimate of drug-likeness (QED) is 0.601. The fourth-order valence-corrected chi connectivity index (χ4v) is 3.82. The molecule has 1 aromatic heterocycles. The molecule has 1 aliphatic rings. The van der Waals surface area contributed by atoms with Crippen molar-refractivity contribution in [2.75, 3.05) is 0 Å². The smallest absolute Gasteiger partial charge is 0.134 e. The van der Waals surface area contributed by atoms with Gasteiger partial charge in [0, 0.05) is 5.56 Å². The molecule has 0 atom stereocenters. The van der Waals surface area contributed by atoms with Crippen LogP contribution in [0.2, 0.25) is 0 Å². The van der Waals surface area contributed by atoms with E-state index in [-0.39, 0.29) is 5.75 Å². The van der Waals surface area contributed by atoms with Gasteiger partial charge in [-0.2, -0.15) is 5.10 Å². The van der Waals surface area contributed by atoms with Crippen molar-refractivity contribution in [1.29, 1.82) is 0 Å². The second-order valence-electron chi connectivity index (χ2n) is 7.71. The van der Waals surface area contributed by atoms with E-state index < -0.39 is 5.60 Å². The molecule has 2 aromatic carbocycles. The number of phenols is 1. The minimum atomic E-state index is -0.510. The minimum Gasteiger partial charge on any atom is -0.507 e. The lowest BCUT2D eigenvalue weighted by molar-refractivity contribution is 0.105. The Balaban J connectivity index is 1.86. The first-order valence-electron chi connectivity index (χ1n) is 9.70. The summed E-state index contributed by atoms with van der Waals surface area (Å²) in [6.45, 7) is 6.29. The highest BCUT2D eigenvalue weighted by molar-refractivity contribution is 5.80. The number of nitrogens with zero attached hydrogens (tertiary/aromatic N) is 2. The standard InChI is InChI=1S/C23H26N2O2/c1-4-5-7-10-16-13-19(26)21-20(14-16)27-23(2,3)18-15-24-25(22(18)21)17-11-8-6-9-12-17/h6,8-9,11-15,26H,4-5,7,10H2,1-3H3. The van der Waals surface area contributed by atoms with Crippen molar-refractivity contribution in [3.63, 3.8) is 0 Å². The number of hydrogen-bond donors (Lipinski definition) is 1. The van der Waals surface area contributed by atoms with Gasteiger partial charge in [0.15, 0.2) is 0 Å². The lowest BCUT2D eigenvalue weighted by Gasteiger charge is -2.33. The molecule has 1 N–H and O–H groups in total. The monoisotopic (exact) mass is 362 g/mol. The van der Waals surface area contributed by atoms with E-state index in [4.69, 9.17) is 4.74 Å². The number of aryl methyl sites for hydroxylation is 1. The normalized spacial score (nSPS) is 14.3. The van der Waals surface area contributed by atoms with Gasteiger partial charge in [-0.1, -0.05) is 38.0 Å². The fraction of sp³-hybridized carbons (Fsp3) is 0.348. The van der Waals surface area contributed by atoms with Crippen LogP contribution in [-0.2, 0) is 12.0 Å². The van der Waals surface area contributed by atoms with E-state index in [1.807, 2.05) is 61.1 Å². The van der Waals surface area contributed by atoms with E-state index in [1.54, 1.807) is 0 Å². The molecule has 0 spiro atoms. The number of rotatable bonds is 5. The van der Waals surface area contributed by atoms with E-state index in [2.05, 4.69) is 18.1 Å². The summed E-state index contributed by atoms with van der Waals surface area (Å²) in [5, 5.41) is 15.5. The van der Waals surface area contributed by atoms with Crippen molar-refractivity contribution in [3.05, 3.63) is 59.8 Å². The molecule has 0 radical (unpaired) electrons. The molecule has 3 aromatic rings. The molecular formula is C23H26N2O2. The number of para-hydroxylation sites is 1. The van der Waals surface area contributed by atoms with Crippen LogP contribution in [0.25, 0.3) is 16.9 Å². The van der Waals surface area contributed by atoms with E-state index in [9.17, 15) is 5.11 Å². The minimum absolute atomic E-state index is 0.258. The Morgan fingerprint density at radius 3 is 2.63 bits per heavy atom. The van der Waals surface area contributed by atoms with Crippen molar-refractivity contribution < 1.29 is 9.84 Å². The summed E-state index contributed by atoms with van der Waals surface area (Å²) in [6.07, 6.45) is 6.28. The predicted molar refractivity (Wildman–Crippen MR) is 108 cm³/mol. The van der Waals surface area contributed by atoms with Gasteiger partial charge >= 0.3 is 0 Å². The molecule has 4 heteroatoms. The molecule has 0 unspecified atom stereocenters. The number of fused-ring (bicyclic) bond motifs is 3. The van der Waals surface area contributed by atoms with Crippen LogP contribution < -0.4 is 4.74 Å². The topological polar surface area (TPSA) is 47.3 Å². The molecule has 0 bridgehead atoms. The van der Waals surface area contributed by atoms with Gasteiger partial charge in [-0.25, -0.2) is 4.68 Å². The van der Waals surface area contributed by atoms with Crippen LogP contribution in [0.15, 0.2) is 48.7 Å². The third kappa shape index (κ3) is 3.09. The third-order valence-corrected chi connectivity index (χ3v) is 5.23. The van der Waals surface area contributed by atoms with E-state index in [0.29, 0.717) is 0 Å². The first kappa shape index (κ1) is 17.7. The van der Waals surface area contributed by atoms with Crippen LogP contribution in [0.3, 0.4) is 0 Å². The fourth-order valence-electron chi connectivity index (χ4n) is 3.82. The molecule has 0 fully saturated rings. The van der Waals surface area contributed by atoms with Gasteiger partial charge in [0.2, 0.25) is 0 Å². The SMILES string of the molecule is CCCCCc1cc(O)c2c(c1)OC(C)(C)c1cnn(-c3ccccc3)c1-2. The largest absolute Gasteiger partial charge is 0.507 e. The van der Waals surface area contributed by atoms with Crippen LogP contribution in [-0.4, -0.2) is 14.9 Å². The van der Waals surface area contributed by atoms with Crippen molar-refractivity contribution in [3.8, 4) is 28.4 Å². The molecule has 4 nitrogen and oxygen atoms in total. The summed E-state index contributed by atoms with van der Waals surface area (Å²) >= 11 is 0.